The zero-order valence-corrected chi connectivity index (χ0v) is 11.8. The largest absolute Gasteiger partial charge is 0.496 e. The Labute approximate surface area is 122 Å². The summed E-state index contributed by atoms with van der Waals surface area (Å²) in [6.07, 6.45) is 1.42. The summed E-state index contributed by atoms with van der Waals surface area (Å²) in [6.45, 7) is 1.48. The molecule has 0 amide bonds. The van der Waals surface area contributed by atoms with E-state index in [-0.39, 0.29) is 12.4 Å². The first-order valence-electron chi connectivity index (χ1n) is 6.38. The Bertz CT molecular complexity index is 650. The number of rotatable bonds is 5. The fraction of sp³-hybridized carbons (Fsp3) is 0.188. The van der Waals surface area contributed by atoms with E-state index < -0.39 is 5.97 Å². The summed E-state index contributed by atoms with van der Waals surface area (Å²) >= 11 is 0. The second-order valence-corrected chi connectivity index (χ2v) is 4.39. The van der Waals surface area contributed by atoms with Gasteiger partial charge in [0.2, 0.25) is 5.78 Å². The number of aromatic nitrogens is 1. The van der Waals surface area contributed by atoms with Crippen molar-refractivity contribution < 1.29 is 19.1 Å². The third-order valence-electron chi connectivity index (χ3n) is 2.89. The normalized spacial score (nSPS) is 10.0. The minimum Gasteiger partial charge on any atom is -0.496 e. The van der Waals surface area contributed by atoms with Gasteiger partial charge in [0.15, 0.2) is 6.61 Å². The number of carbonyl (C=O) groups excluding carboxylic acids is 2. The van der Waals surface area contributed by atoms with Crippen LogP contribution in [0.3, 0.4) is 0 Å². The Balaban J connectivity index is 2.01. The fourth-order valence-corrected chi connectivity index (χ4v) is 1.76. The first kappa shape index (κ1) is 14.7. The molecule has 0 radical (unpaired) electrons. The second-order valence-electron chi connectivity index (χ2n) is 4.39. The Morgan fingerprint density at radius 3 is 2.57 bits per heavy atom. The monoisotopic (exact) mass is 285 g/mol. The standard InChI is InChI=1S/C16H15NO4/c1-11-7-8-12(9-17-11)16(19)21-10-14(18)13-5-3-4-6-15(13)20-2/h3-9H,10H2,1-2H3. The van der Waals surface area contributed by atoms with Crippen LogP contribution in [-0.4, -0.2) is 30.5 Å². The van der Waals surface area contributed by atoms with Gasteiger partial charge in [-0.2, -0.15) is 0 Å². The summed E-state index contributed by atoms with van der Waals surface area (Å²) in [5, 5.41) is 0. The van der Waals surface area contributed by atoms with E-state index in [1.807, 2.05) is 6.92 Å². The Kier molecular flexibility index (Phi) is 4.66. The number of methoxy groups -OCH3 is 1. The molecule has 2 aromatic rings. The summed E-state index contributed by atoms with van der Waals surface area (Å²) in [5.74, 6) is -0.442. The molecule has 2 rings (SSSR count). The number of carbonyl (C=O) groups is 2. The van der Waals surface area contributed by atoms with Gasteiger partial charge >= 0.3 is 5.97 Å². The molecule has 5 nitrogen and oxygen atoms in total. The zero-order chi connectivity index (χ0) is 15.2. The highest BCUT2D eigenvalue weighted by atomic mass is 16.5. The Morgan fingerprint density at radius 2 is 1.90 bits per heavy atom. The van der Waals surface area contributed by atoms with Gasteiger partial charge in [-0.05, 0) is 31.2 Å². The number of ether oxygens (including phenoxy) is 2. The molecular weight excluding hydrogens is 270 g/mol. The lowest BCUT2D eigenvalue weighted by molar-refractivity contribution is 0.0473. The van der Waals surface area contributed by atoms with E-state index in [2.05, 4.69) is 4.98 Å². The van der Waals surface area contributed by atoms with E-state index in [9.17, 15) is 9.59 Å². The van der Waals surface area contributed by atoms with Gasteiger partial charge in [-0.3, -0.25) is 9.78 Å². The molecule has 108 valence electrons. The quantitative estimate of drug-likeness (QED) is 0.623. The second kappa shape index (κ2) is 6.65. The maximum absolute atomic E-state index is 12.0. The van der Waals surface area contributed by atoms with Crippen LogP contribution >= 0.6 is 0 Å². The summed E-state index contributed by atoms with van der Waals surface area (Å²) in [4.78, 5) is 27.8. The van der Waals surface area contributed by atoms with Crippen LogP contribution in [0.15, 0.2) is 42.6 Å². The van der Waals surface area contributed by atoms with Crippen molar-refractivity contribution in [2.24, 2.45) is 0 Å². The number of para-hydroxylation sites is 1. The molecule has 0 atom stereocenters. The van der Waals surface area contributed by atoms with Gasteiger partial charge in [0.05, 0.1) is 18.2 Å². The van der Waals surface area contributed by atoms with Crippen molar-refractivity contribution in [2.75, 3.05) is 13.7 Å². The zero-order valence-electron chi connectivity index (χ0n) is 11.8. The van der Waals surface area contributed by atoms with Gasteiger partial charge in [0.1, 0.15) is 5.75 Å². The van der Waals surface area contributed by atoms with Crippen molar-refractivity contribution in [3.05, 3.63) is 59.4 Å². The summed E-state index contributed by atoms with van der Waals surface area (Å²) in [7, 11) is 1.48. The SMILES string of the molecule is COc1ccccc1C(=O)COC(=O)c1ccc(C)nc1. The average Bonchev–Trinajstić information content (AvgIpc) is 2.52. The van der Waals surface area contributed by atoms with Crippen molar-refractivity contribution in [3.8, 4) is 5.75 Å². The van der Waals surface area contributed by atoms with E-state index in [1.165, 1.54) is 13.3 Å². The number of aryl methyl sites for hydroxylation is 1. The fourth-order valence-electron chi connectivity index (χ4n) is 1.76. The van der Waals surface area contributed by atoms with Crippen LogP contribution in [0.1, 0.15) is 26.4 Å². The predicted octanol–water partition coefficient (Wildman–Crippen LogP) is 2.44. The number of esters is 1. The first-order chi connectivity index (χ1) is 10.1. The molecule has 0 aliphatic heterocycles. The molecule has 0 saturated heterocycles. The molecule has 1 heterocycles. The summed E-state index contributed by atoms with van der Waals surface area (Å²) in [5.41, 5.74) is 1.50. The number of hydrogen-bond donors (Lipinski definition) is 0. The van der Waals surface area contributed by atoms with Crippen molar-refractivity contribution in [1.82, 2.24) is 4.98 Å². The molecule has 0 fully saturated rings. The van der Waals surface area contributed by atoms with Crippen LogP contribution in [-0.2, 0) is 4.74 Å². The molecule has 0 aliphatic rings. The van der Waals surface area contributed by atoms with Crippen LogP contribution in [0.25, 0.3) is 0 Å². The van der Waals surface area contributed by atoms with E-state index >= 15 is 0 Å². The third kappa shape index (κ3) is 3.66. The van der Waals surface area contributed by atoms with E-state index in [1.54, 1.807) is 36.4 Å². The topological polar surface area (TPSA) is 65.5 Å². The van der Waals surface area contributed by atoms with Crippen LogP contribution in [0.5, 0.6) is 5.75 Å². The van der Waals surface area contributed by atoms with Gasteiger partial charge in [-0.1, -0.05) is 12.1 Å². The highest BCUT2D eigenvalue weighted by Gasteiger charge is 2.15. The molecule has 21 heavy (non-hydrogen) atoms. The van der Waals surface area contributed by atoms with Crippen LogP contribution in [0.2, 0.25) is 0 Å². The first-order valence-corrected chi connectivity index (χ1v) is 6.38. The molecule has 0 unspecified atom stereocenters. The van der Waals surface area contributed by atoms with Gasteiger partial charge in [-0.25, -0.2) is 4.79 Å². The number of Topliss-reactive ketones (excluding diaryl/α,β-unsaturated/α-hetero) is 1. The lowest BCUT2D eigenvalue weighted by Gasteiger charge is -2.08. The smallest absolute Gasteiger partial charge is 0.340 e. The van der Waals surface area contributed by atoms with Gasteiger partial charge < -0.3 is 9.47 Å². The number of nitrogens with zero attached hydrogens (tertiary/aromatic N) is 1. The average molecular weight is 285 g/mol. The lowest BCUT2D eigenvalue weighted by Crippen LogP contribution is -2.15. The number of benzene rings is 1. The summed E-state index contributed by atoms with van der Waals surface area (Å²) < 4.78 is 10.1. The molecule has 0 spiro atoms. The van der Waals surface area contributed by atoms with Gasteiger partial charge in [-0.15, -0.1) is 0 Å². The minimum atomic E-state index is -0.578. The third-order valence-corrected chi connectivity index (χ3v) is 2.89. The number of hydrogen-bond acceptors (Lipinski definition) is 5. The van der Waals surface area contributed by atoms with E-state index in [0.717, 1.165) is 5.69 Å². The van der Waals surface area contributed by atoms with Crippen LogP contribution < -0.4 is 4.74 Å². The molecule has 0 aliphatic carbocycles. The van der Waals surface area contributed by atoms with Crippen molar-refractivity contribution in [1.29, 1.82) is 0 Å². The molecule has 1 aromatic carbocycles. The highest BCUT2D eigenvalue weighted by molar-refractivity contribution is 6.01. The Hall–Kier alpha value is -2.69. The molecule has 0 bridgehead atoms. The molecular formula is C16H15NO4. The van der Waals surface area contributed by atoms with Crippen molar-refractivity contribution in [2.45, 2.75) is 6.92 Å². The molecule has 1 aromatic heterocycles. The van der Waals surface area contributed by atoms with Gasteiger partial charge in [0, 0.05) is 11.9 Å². The lowest BCUT2D eigenvalue weighted by atomic mass is 10.1. The van der Waals surface area contributed by atoms with Crippen LogP contribution in [0.4, 0.5) is 0 Å². The van der Waals surface area contributed by atoms with Crippen molar-refractivity contribution >= 4 is 11.8 Å². The van der Waals surface area contributed by atoms with Crippen molar-refractivity contribution in [3.63, 3.8) is 0 Å². The maximum atomic E-state index is 12.0. The highest BCUT2D eigenvalue weighted by Crippen LogP contribution is 2.18. The minimum absolute atomic E-state index is 0.313. The molecule has 5 heteroatoms. The number of ketones is 1. The van der Waals surface area contributed by atoms with Gasteiger partial charge in [0.25, 0.3) is 0 Å². The predicted molar refractivity (Wildman–Crippen MR) is 76.6 cm³/mol. The maximum Gasteiger partial charge on any atom is 0.340 e. The Morgan fingerprint density at radius 1 is 1.14 bits per heavy atom. The molecule has 0 N–H and O–H groups in total. The molecule has 0 saturated carbocycles. The van der Waals surface area contributed by atoms with E-state index in [4.69, 9.17) is 9.47 Å². The van der Waals surface area contributed by atoms with E-state index in [0.29, 0.717) is 16.9 Å². The summed E-state index contributed by atoms with van der Waals surface area (Å²) in [6, 6.07) is 10.1. The number of pyridine rings is 1. The van der Waals surface area contributed by atoms with Crippen LogP contribution in [0, 0.1) is 6.92 Å².